The van der Waals surface area contributed by atoms with Gasteiger partial charge in [0.1, 0.15) is 11.5 Å². The van der Waals surface area contributed by atoms with Crippen molar-refractivity contribution >= 4 is 18.2 Å². The molecule has 0 aliphatic carbocycles. The number of hydrogen-bond acceptors (Lipinski definition) is 3. The van der Waals surface area contributed by atoms with Gasteiger partial charge in [0.2, 0.25) is 0 Å². The Morgan fingerprint density at radius 1 is 0.840 bits per heavy atom. The van der Waals surface area contributed by atoms with Crippen molar-refractivity contribution in [3.05, 3.63) is 60.2 Å². The Labute approximate surface area is 156 Å². The molecule has 0 amide bonds. The molecular formula is C21H26ClNO2. The molecule has 0 unspecified atom stereocenters. The number of para-hydroxylation sites is 1. The van der Waals surface area contributed by atoms with Crippen LogP contribution in [0.4, 0.5) is 0 Å². The summed E-state index contributed by atoms with van der Waals surface area (Å²) in [5, 5.41) is 0. The summed E-state index contributed by atoms with van der Waals surface area (Å²) in [6.07, 6.45) is 5.78. The van der Waals surface area contributed by atoms with E-state index in [-0.39, 0.29) is 18.2 Å². The van der Waals surface area contributed by atoms with Crippen LogP contribution in [0.25, 0.3) is 0 Å². The predicted molar refractivity (Wildman–Crippen MR) is 104 cm³/mol. The SMILES string of the molecule is Cl.O=C(CCN1CCCCCC1)c1ccc(Oc2ccccc2)cc1. The summed E-state index contributed by atoms with van der Waals surface area (Å²) >= 11 is 0. The lowest BCUT2D eigenvalue weighted by molar-refractivity contribution is 0.0965. The van der Waals surface area contributed by atoms with Gasteiger partial charge >= 0.3 is 0 Å². The highest BCUT2D eigenvalue weighted by Gasteiger charge is 2.12. The van der Waals surface area contributed by atoms with Gasteiger partial charge in [0, 0.05) is 18.5 Å². The zero-order valence-electron chi connectivity index (χ0n) is 14.5. The van der Waals surface area contributed by atoms with Crippen LogP contribution in [-0.2, 0) is 0 Å². The Balaban J connectivity index is 0.00000225. The number of rotatable bonds is 6. The second-order valence-corrected chi connectivity index (χ2v) is 6.37. The monoisotopic (exact) mass is 359 g/mol. The third-order valence-corrected chi connectivity index (χ3v) is 4.51. The second-order valence-electron chi connectivity index (χ2n) is 6.37. The fourth-order valence-electron chi connectivity index (χ4n) is 3.10. The Morgan fingerprint density at radius 2 is 1.44 bits per heavy atom. The summed E-state index contributed by atoms with van der Waals surface area (Å²) in [6, 6.07) is 17.1. The molecule has 1 saturated heterocycles. The van der Waals surface area contributed by atoms with E-state index in [1.165, 1.54) is 25.7 Å². The van der Waals surface area contributed by atoms with Gasteiger partial charge < -0.3 is 9.64 Å². The van der Waals surface area contributed by atoms with Crippen LogP contribution in [0.3, 0.4) is 0 Å². The predicted octanol–water partition coefficient (Wildman–Crippen LogP) is 5.35. The maximum atomic E-state index is 12.4. The molecule has 4 heteroatoms. The highest BCUT2D eigenvalue weighted by Crippen LogP contribution is 2.21. The number of ketones is 1. The molecule has 0 radical (unpaired) electrons. The first kappa shape index (κ1) is 19.5. The average molecular weight is 360 g/mol. The van der Waals surface area contributed by atoms with Gasteiger partial charge in [0.05, 0.1) is 0 Å². The molecule has 2 aromatic carbocycles. The standard InChI is InChI=1S/C21H25NO2.ClH/c23-21(14-17-22-15-6-1-2-7-16-22)18-10-12-20(13-11-18)24-19-8-4-3-5-9-19;/h3-5,8-13H,1-2,6-7,14-17H2;1H. The van der Waals surface area contributed by atoms with Crippen molar-refractivity contribution in [2.24, 2.45) is 0 Å². The van der Waals surface area contributed by atoms with Crippen molar-refractivity contribution in [3.8, 4) is 11.5 Å². The van der Waals surface area contributed by atoms with Gasteiger partial charge in [-0.05, 0) is 62.3 Å². The number of ether oxygens (including phenoxy) is 1. The molecule has 3 nitrogen and oxygen atoms in total. The molecule has 0 bridgehead atoms. The number of carbonyl (C=O) groups is 1. The van der Waals surface area contributed by atoms with E-state index in [0.29, 0.717) is 6.42 Å². The van der Waals surface area contributed by atoms with Crippen LogP contribution in [0.5, 0.6) is 11.5 Å². The molecule has 1 fully saturated rings. The first-order chi connectivity index (χ1) is 11.8. The zero-order valence-corrected chi connectivity index (χ0v) is 15.3. The smallest absolute Gasteiger partial charge is 0.164 e. The average Bonchev–Trinajstić information content (AvgIpc) is 2.90. The maximum absolute atomic E-state index is 12.4. The van der Waals surface area contributed by atoms with Gasteiger partial charge in [-0.15, -0.1) is 12.4 Å². The van der Waals surface area contributed by atoms with Crippen molar-refractivity contribution in [2.45, 2.75) is 32.1 Å². The number of hydrogen-bond donors (Lipinski definition) is 0. The third-order valence-electron chi connectivity index (χ3n) is 4.51. The van der Waals surface area contributed by atoms with Gasteiger partial charge in [0.25, 0.3) is 0 Å². The van der Waals surface area contributed by atoms with Crippen molar-refractivity contribution in [3.63, 3.8) is 0 Å². The van der Waals surface area contributed by atoms with Crippen LogP contribution in [0.1, 0.15) is 42.5 Å². The Hall–Kier alpha value is -1.84. The summed E-state index contributed by atoms with van der Waals surface area (Å²) in [5.74, 6) is 1.77. The summed E-state index contributed by atoms with van der Waals surface area (Å²) in [6.45, 7) is 3.15. The molecular weight excluding hydrogens is 334 g/mol. The maximum Gasteiger partial charge on any atom is 0.164 e. The van der Waals surface area contributed by atoms with E-state index in [0.717, 1.165) is 36.7 Å². The summed E-state index contributed by atoms with van der Waals surface area (Å²) < 4.78 is 5.76. The first-order valence-corrected chi connectivity index (χ1v) is 8.90. The Bertz CT molecular complexity index is 635. The Morgan fingerprint density at radius 3 is 2.08 bits per heavy atom. The molecule has 134 valence electrons. The van der Waals surface area contributed by atoms with Crippen molar-refractivity contribution in [1.29, 1.82) is 0 Å². The van der Waals surface area contributed by atoms with Gasteiger partial charge in [-0.1, -0.05) is 31.0 Å². The topological polar surface area (TPSA) is 29.5 Å². The molecule has 0 aromatic heterocycles. The van der Waals surface area contributed by atoms with E-state index in [9.17, 15) is 4.79 Å². The molecule has 25 heavy (non-hydrogen) atoms. The first-order valence-electron chi connectivity index (χ1n) is 8.90. The summed E-state index contributed by atoms with van der Waals surface area (Å²) in [4.78, 5) is 14.8. The van der Waals surface area contributed by atoms with E-state index in [4.69, 9.17) is 4.74 Å². The van der Waals surface area contributed by atoms with Crippen LogP contribution in [0.2, 0.25) is 0 Å². The lowest BCUT2D eigenvalue weighted by atomic mass is 10.1. The molecule has 1 aliphatic rings. The van der Waals surface area contributed by atoms with Crippen LogP contribution in [0.15, 0.2) is 54.6 Å². The number of likely N-dealkylation sites (tertiary alicyclic amines) is 1. The van der Waals surface area contributed by atoms with Gasteiger partial charge in [-0.3, -0.25) is 4.79 Å². The normalized spacial score (nSPS) is 15.0. The Kier molecular flexibility index (Phi) is 7.96. The number of carbonyl (C=O) groups excluding carboxylic acids is 1. The quantitative estimate of drug-likeness (QED) is 0.651. The highest BCUT2D eigenvalue weighted by atomic mass is 35.5. The number of halogens is 1. The van der Waals surface area contributed by atoms with Crippen LogP contribution >= 0.6 is 12.4 Å². The molecule has 0 saturated carbocycles. The van der Waals surface area contributed by atoms with E-state index in [1.54, 1.807) is 0 Å². The van der Waals surface area contributed by atoms with Crippen molar-refractivity contribution in [1.82, 2.24) is 4.90 Å². The largest absolute Gasteiger partial charge is 0.457 e. The van der Waals surface area contributed by atoms with E-state index >= 15 is 0 Å². The minimum atomic E-state index is 0. The zero-order chi connectivity index (χ0) is 16.6. The number of benzene rings is 2. The van der Waals surface area contributed by atoms with Crippen molar-refractivity contribution in [2.75, 3.05) is 19.6 Å². The van der Waals surface area contributed by atoms with Crippen LogP contribution in [0, 0.1) is 0 Å². The molecule has 2 aromatic rings. The summed E-state index contributed by atoms with van der Waals surface area (Å²) in [5.41, 5.74) is 0.769. The third kappa shape index (κ3) is 6.18. The van der Waals surface area contributed by atoms with Gasteiger partial charge in [-0.2, -0.15) is 0 Å². The molecule has 0 atom stereocenters. The fourth-order valence-corrected chi connectivity index (χ4v) is 3.10. The number of nitrogens with zero attached hydrogens (tertiary/aromatic N) is 1. The van der Waals surface area contributed by atoms with Crippen LogP contribution in [-0.4, -0.2) is 30.3 Å². The van der Waals surface area contributed by atoms with E-state index in [2.05, 4.69) is 4.90 Å². The van der Waals surface area contributed by atoms with Gasteiger partial charge in [0.15, 0.2) is 5.78 Å². The summed E-state index contributed by atoms with van der Waals surface area (Å²) in [7, 11) is 0. The highest BCUT2D eigenvalue weighted by molar-refractivity contribution is 5.96. The van der Waals surface area contributed by atoms with Crippen LogP contribution < -0.4 is 4.74 Å². The van der Waals surface area contributed by atoms with Gasteiger partial charge in [-0.25, -0.2) is 0 Å². The van der Waals surface area contributed by atoms with E-state index in [1.807, 2.05) is 54.6 Å². The number of Topliss-reactive ketones (excluding diaryl/α,β-unsaturated/α-hetero) is 1. The molecule has 1 heterocycles. The molecule has 0 N–H and O–H groups in total. The fraction of sp³-hybridized carbons (Fsp3) is 0.381. The lowest BCUT2D eigenvalue weighted by Crippen LogP contribution is -2.27. The molecule has 1 aliphatic heterocycles. The van der Waals surface area contributed by atoms with E-state index < -0.39 is 0 Å². The second kappa shape index (κ2) is 10.2. The molecule has 3 rings (SSSR count). The minimum absolute atomic E-state index is 0. The molecule has 0 spiro atoms. The van der Waals surface area contributed by atoms with Crippen molar-refractivity contribution < 1.29 is 9.53 Å². The minimum Gasteiger partial charge on any atom is -0.457 e. The lowest BCUT2D eigenvalue weighted by Gasteiger charge is -2.19.